The first-order chi connectivity index (χ1) is 4.24. The molecular weight excluding hydrogens is 120 g/mol. The van der Waals surface area contributed by atoms with Gasteiger partial charge in [-0.05, 0) is 6.08 Å². The number of aliphatic hydroxyl groups excluding tert-OH is 2. The molecule has 50 valence electrons. The topological polar surface area (TPSA) is 57.5 Å². The zero-order chi connectivity index (χ0) is 6.85. The standard InChI is InChI=1S/C6H8O3/c7-3-4-1-5(8)2-6(4)9/h1,5,7-8H,2-3H2. The highest BCUT2D eigenvalue weighted by Crippen LogP contribution is 2.12. The maximum Gasteiger partial charge on any atom is 0.163 e. The number of rotatable bonds is 1. The van der Waals surface area contributed by atoms with Crippen molar-refractivity contribution in [2.24, 2.45) is 0 Å². The molecule has 3 nitrogen and oxygen atoms in total. The molecule has 3 heteroatoms. The maximum absolute atomic E-state index is 10.6. The number of carbonyl (C=O) groups excluding carboxylic acids is 1. The van der Waals surface area contributed by atoms with Gasteiger partial charge >= 0.3 is 0 Å². The third kappa shape index (κ3) is 1.17. The van der Waals surface area contributed by atoms with Crippen molar-refractivity contribution in [3.05, 3.63) is 11.6 Å². The summed E-state index contributed by atoms with van der Waals surface area (Å²) in [5, 5.41) is 17.2. The van der Waals surface area contributed by atoms with Crippen LogP contribution in [-0.4, -0.2) is 28.7 Å². The molecule has 0 bridgehead atoms. The molecule has 0 amide bonds. The van der Waals surface area contributed by atoms with Crippen LogP contribution in [0.1, 0.15) is 6.42 Å². The van der Waals surface area contributed by atoms with Gasteiger partial charge in [0.1, 0.15) is 0 Å². The van der Waals surface area contributed by atoms with E-state index in [1.807, 2.05) is 0 Å². The summed E-state index contributed by atoms with van der Waals surface area (Å²) in [4.78, 5) is 10.6. The van der Waals surface area contributed by atoms with E-state index in [0.29, 0.717) is 5.57 Å². The zero-order valence-corrected chi connectivity index (χ0v) is 4.87. The van der Waals surface area contributed by atoms with Gasteiger partial charge in [0.15, 0.2) is 5.78 Å². The van der Waals surface area contributed by atoms with Gasteiger partial charge in [0, 0.05) is 12.0 Å². The average molecular weight is 128 g/mol. The summed E-state index contributed by atoms with van der Waals surface area (Å²) in [6.45, 7) is -0.254. The lowest BCUT2D eigenvalue weighted by Gasteiger charge is -1.89. The first kappa shape index (κ1) is 6.45. The Labute approximate surface area is 52.6 Å². The predicted octanol–water partition coefficient (Wildman–Crippen LogP) is -0.761. The minimum atomic E-state index is -0.667. The van der Waals surface area contributed by atoms with Gasteiger partial charge in [0.05, 0.1) is 12.7 Å². The van der Waals surface area contributed by atoms with Crippen molar-refractivity contribution < 1.29 is 15.0 Å². The van der Waals surface area contributed by atoms with Gasteiger partial charge in [-0.3, -0.25) is 4.79 Å². The second-order valence-electron chi connectivity index (χ2n) is 2.04. The van der Waals surface area contributed by atoms with E-state index in [1.165, 1.54) is 6.08 Å². The van der Waals surface area contributed by atoms with Gasteiger partial charge in [-0.2, -0.15) is 0 Å². The molecule has 1 unspecified atom stereocenters. The van der Waals surface area contributed by atoms with Crippen molar-refractivity contribution in [1.82, 2.24) is 0 Å². The van der Waals surface area contributed by atoms with E-state index in [-0.39, 0.29) is 18.8 Å². The summed E-state index contributed by atoms with van der Waals surface area (Å²) in [5.41, 5.74) is 0.336. The van der Waals surface area contributed by atoms with Crippen molar-refractivity contribution in [1.29, 1.82) is 0 Å². The van der Waals surface area contributed by atoms with Crippen LogP contribution in [0.15, 0.2) is 11.6 Å². The van der Waals surface area contributed by atoms with Crippen molar-refractivity contribution in [3.63, 3.8) is 0 Å². The molecule has 0 saturated carbocycles. The van der Waals surface area contributed by atoms with Crippen molar-refractivity contribution in [3.8, 4) is 0 Å². The smallest absolute Gasteiger partial charge is 0.163 e. The largest absolute Gasteiger partial charge is 0.392 e. The highest BCUT2D eigenvalue weighted by Gasteiger charge is 2.20. The fourth-order valence-electron chi connectivity index (χ4n) is 0.846. The summed E-state index contributed by atoms with van der Waals surface area (Å²) in [7, 11) is 0. The lowest BCUT2D eigenvalue weighted by Crippen LogP contribution is -2.02. The molecule has 0 fully saturated rings. The summed E-state index contributed by atoms with van der Waals surface area (Å²) >= 11 is 0. The molecule has 1 aliphatic rings. The van der Waals surface area contributed by atoms with E-state index in [0.717, 1.165) is 0 Å². The van der Waals surface area contributed by atoms with Crippen LogP contribution in [0.5, 0.6) is 0 Å². The summed E-state index contributed by atoms with van der Waals surface area (Å²) in [5.74, 6) is -0.148. The molecule has 0 radical (unpaired) electrons. The first-order valence-corrected chi connectivity index (χ1v) is 2.77. The molecule has 0 aromatic rings. The Kier molecular flexibility index (Phi) is 1.64. The quantitative estimate of drug-likeness (QED) is 0.488. The van der Waals surface area contributed by atoms with Gasteiger partial charge < -0.3 is 10.2 Å². The Morgan fingerprint density at radius 1 is 1.78 bits per heavy atom. The normalized spacial score (nSPS) is 26.7. The minimum Gasteiger partial charge on any atom is -0.392 e. The summed E-state index contributed by atoms with van der Waals surface area (Å²) in [6.07, 6.45) is 0.859. The van der Waals surface area contributed by atoms with Crippen molar-refractivity contribution in [2.75, 3.05) is 6.61 Å². The van der Waals surface area contributed by atoms with Gasteiger partial charge in [0.25, 0.3) is 0 Å². The number of hydrogen-bond donors (Lipinski definition) is 2. The van der Waals surface area contributed by atoms with Crippen LogP contribution in [-0.2, 0) is 4.79 Å². The molecule has 2 N–H and O–H groups in total. The minimum absolute atomic E-state index is 0.135. The Morgan fingerprint density at radius 2 is 2.44 bits per heavy atom. The van der Waals surface area contributed by atoms with E-state index >= 15 is 0 Å². The Balaban J connectivity index is 2.68. The molecule has 0 saturated heterocycles. The average Bonchev–Trinajstić information content (AvgIpc) is 2.10. The molecule has 9 heavy (non-hydrogen) atoms. The van der Waals surface area contributed by atoms with Crippen LogP contribution in [0.25, 0.3) is 0 Å². The summed E-state index contributed by atoms with van der Waals surface area (Å²) < 4.78 is 0. The van der Waals surface area contributed by atoms with E-state index in [9.17, 15) is 4.79 Å². The van der Waals surface area contributed by atoms with Crippen LogP contribution in [0.2, 0.25) is 0 Å². The molecule has 0 aliphatic heterocycles. The van der Waals surface area contributed by atoms with E-state index in [4.69, 9.17) is 10.2 Å². The molecule has 0 aromatic carbocycles. The lowest BCUT2D eigenvalue weighted by molar-refractivity contribution is -0.116. The second-order valence-corrected chi connectivity index (χ2v) is 2.04. The Bertz CT molecular complexity index is 160. The highest BCUT2D eigenvalue weighted by molar-refractivity contribution is 5.98. The van der Waals surface area contributed by atoms with Gasteiger partial charge in [0.2, 0.25) is 0 Å². The molecule has 1 rings (SSSR count). The van der Waals surface area contributed by atoms with Crippen molar-refractivity contribution >= 4 is 5.78 Å². The third-order valence-corrected chi connectivity index (χ3v) is 1.32. The molecular formula is C6H8O3. The van der Waals surface area contributed by atoms with Gasteiger partial charge in [-0.1, -0.05) is 0 Å². The van der Waals surface area contributed by atoms with E-state index in [2.05, 4.69) is 0 Å². The highest BCUT2D eigenvalue weighted by atomic mass is 16.3. The Morgan fingerprint density at radius 3 is 2.67 bits per heavy atom. The summed E-state index contributed by atoms with van der Waals surface area (Å²) in [6, 6.07) is 0. The Hall–Kier alpha value is -0.670. The van der Waals surface area contributed by atoms with Crippen LogP contribution < -0.4 is 0 Å². The third-order valence-electron chi connectivity index (χ3n) is 1.32. The number of carbonyl (C=O) groups is 1. The number of aliphatic hydroxyl groups is 2. The van der Waals surface area contributed by atoms with Crippen LogP contribution in [0, 0.1) is 0 Å². The number of Topliss-reactive ketones (excluding diaryl/α,β-unsaturated/α-hetero) is 1. The molecule has 0 heterocycles. The van der Waals surface area contributed by atoms with Gasteiger partial charge in [-0.25, -0.2) is 0 Å². The maximum atomic E-state index is 10.6. The molecule has 0 aromatic heterocycles. The van der Waals surface area contributed by atoms with E-state index in [1.54, 1.807) is 0 Å². The first-order valence-electron chi connectivity index (χ1n) is 2.77. The zero-order valence-electron chi connectivity index (χ0n) is 4.87. The lowest BCUT2D eigenvalue weighted by atomic mass is 10.2. The SMILES string of the molecule is O=C1CC(O)C=C1CO. The van der Waals surface area contributed by atoms with Crippen LogP contribution >= 0.6 is 0 Å². The fourth-order valence-corrected chi connectivity index (χ4v) is 0.846. The predicted molar refractivity (Wildman–Crippen MR) is 30.8 cm³/mol. The van der Waals surface area contributed by atoms with Gasteiger partial charge in [-0.15, -0.1) is 0 Å². The number of hydrogen-bond acceptors (Lipinski definition) is 3. The fraction of sp³-hybridized carbons (Fsp3) is 0.500. The molecule has 1 aliphatic carbocycles. The van der Waals surface area contributed by atoms with E-state index < -0.39 is 6.10 Å². The second kappa shape index (κ2) is 2.29. The number of ketones is 1. The monoisotopic (exact) mass is 128 g/mol. The van der Waals surface area contributed by atoms with Crippen LogP contribution in [0.4, 0.5) is 0 Å². The van der Waals surface area contributed by atoms with Crippen LogP contribution in [0.3, 0.4) is 0 Å². The molecule has 0 spiro atoms. The molecule has 1 atom stereocenters. The van der Waals surface area contributed by atoms with Crippen molar-refractivity contribution in [2.45, 2.75) is 12.5 Å².